The first-order valence-corrected chi connectivity index (χ1v) is 7.35. The Labute approximate surface area is 132 Å². The number of carbonyl (C=O) groups excluding carboxylic acids is 2. The van der Waals surface area contributed by atoms with Gasteiger partial charge in [-0.05, 0) is 12.0 Å². The highest BCUT2D eigenvalue weighted by molar-refractivity contribution is 5.87. The minimum Gasteiger partial charge on any atom is -0.445 e. The lowest BCUT2D eigenvalue weighted by Crippen LogP contribution is -2.45. The van der Waals surface area contributed by atoms with Crippen LogP contribution in [-0.4, -0.2) is 29.4 Å². The summed E-state index contributed by atoms with van der Waals surface area (Å²) < 4.78 is 5.32. The van der Waals surface area contributed by atoms with E-state index in [0.29, 0.717) is 12.8 Å². The lowest BCUT2D eigenvalue weighted by atomic mass is 10.1. The van der Waals surface area contributed by atoms with Crippen molar-refractivity contribution in [2.24, 2.45) is 0 Å². The van der Waals surface area contributed by atoms with Crippen molar-refractivity contribution in [3.05, 3.63) is 61.2 Å². The molecule has 0 fully saturated rings. The van der Waals surface area contributed by atoms with Gasteiger partial charge >= 0.3 is 6.09 Å². The first-order chi connectivity index (χ1) is 10.6. The van der Waals surface area contributed by atoms with Crippen molar-refractivity contribution in [1.29, 1.82) is 0 Å². The van der Waals surface area contributed by atoms with Crippen LogP contribution in [0.5, 0.6) is 0 Å². The number of hydrogen-bond donors (Lipinski definition) is 0. The number of benzene rings is 1. The zero-order chi connectivity index (χ0) is 16.4. The molecule has 0 unspecified atom stereocenters. The van der Waals surface area contributed by atoms with Gasteiger partial charge in [-0.25, -0.2) is 4.79 Å². The highest BCUT2D eigenvalue weighted by Gasteiger charge is 2.27. The van der Waals surface area contributed by atoms with E-state index in [2.05, 4.69) is 13.2 Å². The quantitative estimate of drug-likeness (QED) is 0.653. The summed E-state index contributed by atoms with van der Waals surface area (Å²) >= 11 is 0. The molecule has 0 heterocycles. The number of ether oxygens (including phenoxy) is 1. The molecule has 4 nitrogen and oxygen atoms in total. The number of rotatable bonds is 9. The summed E-state index contributed by atoms with van der Waals surface area (Å²) in [5, 5.41) is 0. The van der Waals surface area contributed by atoms with Crippen molar-refractivity contribution in [3.63, 3.8) is 0 Å². The molecule has 0 spiro atoms. The second kappa shape index (κ2) is 9.55. The highest BCUT2D eigenvalue weighted by atomic mass is 16.6. The molecule has 1 aromatic rings. The van der Waals surface area contributed by atoms with Crippen LogP contribution < -0.4 is 0 Å². The molecule has 0 aliphatic carbocycles. The van der Waals surface area contributed by atoms with Crippen LogP contribution in [0, 0.1) is 0 Å². The lowest BCUT2D eigenvalue weighted by Gasteiger charge is -2.28. The molecule has 1 aromatic carbocycles. The van der Waals surface area contributed by atoms with Gasteiger partial charge in [-0.15, -0.1) is 13.2 Å². The minimum absolute atomic E-state index is 0.0154. The fourth-order valence-electron chi connectivity index (χ4n) is 2.10. The Hall–Kier alpha value is -2.36. The van der Waals surface area contributed by atoms with E-state index in [4.69, 9.17) is 4.74 Å². The molecular weight excluding hydrogens is 278 g/mol. The van der Waals surface area contributed by atoms with Gasteiger partial charge in [-0.1, -0.05) is 49.4 Å². The molecule has 118 valence electrons. The molecule has 0 aliphatic heterocycles. The van der Waals surface area contributed by atoms with Crippen LogP contribution in [0.15, 0.2) is 55.6 Å². The summed E-state index contributed by atoms with van der Waals surface area (Å²) in [6.45, 7) is 9.51. The minimum atomic E-state index is -0.552. The SMILES string of the molecule is C=CC[C@@H](C(=O)CC)N(CC=C)C(=O)OCc1ccccc1. The van der Waals surface area contributed by atoms with Gasteiger partial charge in [-0.2, -0.15) is 0 Å². The van der Waals surface area contributed by atoms with Crippen molar-refractivity contribution >= 4 is 11.9 Å². The molecule has 1 atom stereocenters. The van der Waals surface area contributed by atoms with Crippen LogP contribution in [0.2, 0.25) is 0 Å². The van der Waals surface area contributed by atoms with Gasteiger partial charge in [0.2, 0.25) is 0 Å². The van der Waals surface area contributed by atoms with E-state index in [1.807, 2.05) is 30.3 Å². The first kappa shape index (κ1) is 17.7. The average molecular weight is 301 g/mol. The molecule has 22 heavy (non-hydrogen) atoms. The van der Waals surface area contributed by atoms with Gasteiger partial charge < -0.3 is 4.74 Å². The Morgan fingerprint density at radius 2 is 1.91 bits per heavy atom. The predicted octanol–water partition coefficient (Wildman–Crippen LogP) is 3.74. The average Bonchev–Trinajstić information content (AvgIpc) is 2.56. The molecule has 0 bridgehead atoms. The third kappa shape index (κ3) is 5.20. The van der Waals surface area contributed by atoms with Crippen LogP contribution >= 0.6 is 0 Å². The van der Waals surface area contributed by atoms with E-state index in [1.54, 1.807) is 19.1 Å². The Morgan fingerprint density at radius 1 is 1.23 bits per heavy atom. The van der Waals surface area contributed by atoms with Crippen LogP contribution in [0.1, 0.15) is 25.3 Å². The normalized spacial score (nSPS) is 11.3. The monoisotopic (exact) mass is 301 g/mol. The van der Waals surface area contributed by atoms with Crippen molar-refractivity contribution in [2.75, 3.05) is 6.54 Å². The summed E-state index contributed by atoms with van der Waals surface area (Å²) in [7, 11) is 0. The van der Waals surface area contributed by atoms with Crippen LogP contribution in [-0.2, 0) is 16.1 Å². The molecule has 0 aliphatic rings. The highest BCUT2D eigenvalue weighted by Crippen LogP contribution is 2.12. The molecule has 0 saturated heterocycles. The van der Waals surface area contributed by atoms with E-state index in [-0.39, 0.29) is 18.9 Å². The topological polar surface area (TPSA) is 46.6 Å². The summed E-state index contributed by atoms with van der Waals surface area (Å²) in [4.78, 5) is 25.8. The van der Waals surface area contributed by atoms with Crippen molar-refractivity contribution < 1.29 is 14.3 Å². The lowest BCUT2D eigenvalue weighted by molar-refractivity contribution is -0.123. The molecule has 0 N–H and O–H groups in total. The number of amides is 1. The summed E-state index contributed by atoms with van der Waals surface area (Å²) in [6, 6.07) is 8.86. The zero-order valence-electron chi connectivity index (χ0n) is 13.0. The maximum Gasteiger partial charge on any atom is 0.411 e. The second-order valence-corrected chi connectivity index (χ2v) is 4.84. The smallest absolute Gasteiger partial charge is 0.411 e. The van der Waals surface area contributed by atoms with Gasteiger partial charge in [0.05, 0.1) is 6.04 Å². The van der Waals surface area contributed by atoms with Gasteiger partial charge in [0, 0.05) is 13.0 Å². The van der Waals surface area contributed by atoms with Gasteiger partial charge in [-0.3, -0.25) is 9.69 Å². The number of carbonyl (C=O) groups is 2. The van der Waals surface area contributed by atoms with E-state index in [1.165, 1.54) is 4.90 Å². The summed E-state index contributed by atoms with van der Waals surface area (Å²) in [5.41, 5.74) is 0.900. The van der Waals surface area contributed by atoms with Crippen LogP contribution in [0.25, 0.3) is 0 Å². The molecule has 0 saturated carbocycles. The molecule has 1 amide bonds. The Morgan fingerprint density at radius 3 is 2.45 bits per heavy atom. The van der Waals surface area contributed by atoms with E-state index >= 15 is 0 Å². The Bertz CT molecular complexity index is 510. The van der Waals surface area contributed by atoms with Crippen molar-refractivity contribution in [2.45, 2.75) is 32.4 Å². The largest absolute Gasteiger partial charge is 0.445 e. The van der Waals surface area contributed by atoms with E-state index < -0.39 is 12.1 Å². The third-order valence-electron chi connectivity index (χ3n) is 3.25. The van der Waals surface area contributed by atoms with Crippen LogP contribution in [0.4, 0.5) is 4.79 Å². The van der Waals surface area contributed by atoms with Gasteiger partial charge in [0.1, 0.15) is 6.61 Å². The number of Topliss-reactive ketones (excluding diaryl/α,β-unsaturated/α-hetero) is 1. The van der Waals surface area contributed by atoms with E-state index in [0.717, 1.165) is 5.56 Å². The number of ketones is 1. The molecule has 1 rings (SSSR count). The maximum atomic E-state index is 12.3. The fraction of sp³-hybridized carbons (Fsp3) is 0.333. The van der Waals surface area contributed by atoms with E-state index in [9.17, 15) is 9.59 Å². The van der Waals surface area contributed by atoms with Crippen LogP contribution in [0.3, 0.4) is 0 Å². The standard InChI is InChI=1S/C18H23NO3/c1-4-10-16(17(20)6-3)19(13-5-2)18(21)22-14-15-11-8-7-9-12-15/h4-5,7-9,11-12,16H,1-2,6,10,13-14H2,3H3/t16-/m0/s1. The molecule has 0 aromatic heterocycles. The fourth-order valence-corrected chi connectivity index (χ4v) is 2.10. The molecule has 4 heteroatoms. The predicted molar refractivity (Wildman–Crippen MR) is 87.4 cm³/mol. The molecule has 0 radical (unpaired) electrons. The van der Waals surface area contributed by atoms with Gasteiger partial charge in [0.15, 0.2) is 5.78 Å². The van der Waals surface area contributed by atoms with Gasteiger partial charge in [0.25, 0.3) is 0 Å². The first-order valence-electron chi connectivity index (χ1n) is 7.35. The Balaban J connectivity index is 2.78. The number of hydrogen-bond acceptors (Lipinski definition) is 3. The summed E-state index contributed by atoms with van der Waals surface area (Å²) in [5.74, 6) is -0.0154. The zero-order valence-corrected chi connectivity index (χ0v) is 13.0. The number of nitrogens with zero attached hydrogens (tertiary/aromatic N) is 1. The molecular formula is C18H23NO3. The Kier molecular flexibility index (Phi) is 7.68. The van der Waals surface area contributed by atoms with Crippen molar-refractivity contribution in [1.82, 2.24) is 4.90 Å². The summed E-state index contributed by atoms with van der Waals surface area (Å²) in [6.07, 6.45) is 3.47. The maximum absolute atomic E-state index is 12.3. The van der Waals surface area contributed by atoms with Crippen molar-refractivity contribution in [3.8, 4) is 0 Å². The second-order valence-electron chi connectivity index (χ2n) is 4.84. The third-order valence-corrected chi connectivity index (χ3v) is 3.25.